The predicted octanol–water partition coefficient (Wildman–Crippen LogP) is -1.17. The minimum Gasteiger partial charge on any atom is -0.508 e. The maximum absolute atomic E-state index is 10.7. The fourth-order valence-corrected chi connectivity index (χ4v) is 2.27. The van der Waals surface area contributed by atoms with Crippen LogP contribution in [-0.2, 0) is 20.2 Å². The minimum atomic E-state index is -4.92. The molecule has 0 spiro atoms. The molecule has 2 radical (unpaired) electrons. The molecule has 0 aliphatic rings. The van der Waals surface area contributed by atoms with Gasteiger partial charge < -0.3 is 10.2 Å². The Morgan fingerprint density at radius 1 is 0.778 bits per heavy atom. The van der Waals surface area contributed by atoms with Crippen molar-refractivity contribution in [2.24, 2.45) is 0 Å². The van der Waals surface area contributed by atoms with Gasteiger partial charge in [-0.25, -0.2) is 0 Å². The van der Waals surface area contributed by atoms with E-state index in [0.717, 1.165) is 0 Å². The first kappa shape index (κ1) is 22.2. The zero-order chi connectivity index (χ0) is 12.7. The van der Waals surface area contributed by atoms with Crippen LogP contribution in [0.15, 0.2) is 21.9 Å². The molecule has 0 bridgehead atoms. The summed E-state index contributed by atoms with van der Waals surface area (Å²) in [5.74, 6) is -2.24. The quantitative estimate of drug-likeness (QED) is 0.297. The first-order valence-corrected chi connectivity index (χ1v) is 6.42. The summed E-state index contributed by atoms with van der Waals surface area (Å²) in [7, 11) is -9.85. The second-order valence-corrected chi connectivity index (χ2v) is 5.52. The Kier molecular flexibility index (Phi) is 9.61. The standard InChI is InChI=1S/C6H6O8S2.2K/c7-3-1-4(15(9,10)11)6(8)5(2-3)16(12,13)14;;/h1-2,7-8H,(H,9,10,11)(H,12,13,14);;. The number of aromatic hydroxyl groups is 2. The van der Waals surface area contributed by atoms with Gasteiger partial charge in [0.1, 0.15) is 15.5 Å². The largest absolute Gasteiger partial charge is 0.508 e. The number of phenolic OH excluding ortho intramolecular Hbond substituents is 2. The van der Waals surface area contributed by atoms with Gasteiger partial charge in [0.15, 0.2) is 5.75 Å². The molecule has 4 N–H and O–H groups in total. The topological polar surface area (TPSA) is 149 Å². The van der Waals surface area contributed by atoms with Crippen LogP contribution >= 0.6 is 0 Å². The first-order chi connectivity index (χ1) is 7.03. The number of hydrogen-bond acceptors (Lipinski definition) is 6. The second kappa shape index (κ2) is 7.79. The minimum absolute atomic E-state index is 0. The molecule has 0 saturated carbocycles. The van der Waals surface area contributed by atoms with E-state index in [2.05, 4.69) is 0 Å². The van der Waals surface area contributed by atoms with E-state index in [1.165, 1.54) is 0 Å². The molecule has 8 nitrogen and oxygen atoms in total. The summed E-state index contributed by atoms with van der Waals surface area (Å²) in [5.41, 5.74) is 0. The molecule has 0 unspecified atom stereocenters. The van der Waals surface area contributed by atoms with Crippen LogP contribution in [0.1, 0.15) is 0 Å². The second-order valence-electron chi connectivity index (χ2n) is 2.74. The summed E-state index contributed by atoms with van der Waals surface area (Å²) in [5, 5.41) is 18.2. The van der Waals surface area contributed by atoms with E-state index in [0.29, 0.717) is 12.1 Å². The number of hydrogen-bond donors (Lipinski definition) is 4. The zero-order valence-electron chi connectivity index (χ0n) is 9.39. The zero-order valence-corrected chi connectivity index (χ0v) is 17.3. The third-order valence-corrected chi connectivity index (χ3v) is 3.31. The Bertz CT molecular complexity index is 583. The van der Waals surface area contributed by atoms with Crippen molar-refractivity contribution in [2.45, 2.75) is 9.79 Å². The molecule has 12 heteroatoms. The van der Waals surface area contributed by atoms with Crippen LogP contribution in [0.3, 0.4) is 0 Å². The Morgan fingerprint density at radius 2 is 1.06 bits per heavy atom. The molecule has 1 aromatic rings. The van der Waals surface area contributed by atoms with E-state index >= 15 is 0 Å². The van der Waals surface area contributed by atoms with E-state index in [1.54, 1.807) is 0 Å². The van der Waals surface area contributed by atoms with Crippen molar-refractivity contribution in [1.29, 1.82) is 0 Å². The first-order valence-electron chi connectivity index (χ1n) is 3.54. The summed E-state index contributed by atoms with van der Waals surface area (Å²) in [6.07, 6.45) is 0. The monoisotopic (exact) mass is 348 g/mol. The van der Waals surface area contributed by atoms with Gasteiger partial charge in [-0.2, -0.15) is 16.8 Å². The van der Waals surface area contributed by atoms with Crippen molar-refractivity contribution in [2.75, 3.05) is 0 Å². The van der Waals surface area contributed by atoms with Gasteiger partial charge >= 0.3 is 0 Å². The van der Waals surface area contributed by atoms with Crippen molar-refractivity contribution < 1.29 is 36.2 Å². The van der Waals surface area contributed by atoms with E-state index in [4.69, 9.17) is 14.2 Å². The third kappa shape index (κ3) is 5.73. The third-order valence-electron chi connectivity index (χ3n) is 1.58. The van der Waals surface area contributed by atoms with Gasteiger partial charge in [-0.3, -0.25) is 9.11 Å². The van der Waals surface area contributed by atoms with Crippen LogP contribution < -0.4 is 0 Å². The Morgan fingerprint density at radius 3 is 1.28 bits per heavy atom. The van der Waals surface area contributed by atoms with Crippen molar-refractivity contribution in [3.63, 3.8) is 0 Å². The normalized spacial score (nSPS) is 11.2. The summed E-state index contributed by atoms with van der Waals surface area (Å²) in [6.45, 7) is 0. The Balaban J connectivity index is 0. The Hall–Kier alpha value is 1.91. The van der Waals surface area contributed by atoms with Crippen LogP contribution in [0.25, 0.3) is 0 Å². The van der Waals surface area contributed by atoms with Crippen molar-refractivity contribution in [3.8, 4) is 11.5 Å². The molecular weight excluding hydrogens is 342 g/mol. The molecule has 0 fully saturated rings. The molecule has 0 saturated heterocycles. The average Bonchev–Trinajstić information content (AvgIpc) is 2.04. The van der Waals surface area contributed by atoms with Gasteiger partial charge in [0.2, 0.25) is 0 Å². The van der Waals surface area contributed by atoms with Gasteiger partial charge in [0, 0.05) is 115 Å². The summed E-state index contributed by atoms with van der Waals surface area (Å²) >= 11 is 0. The van der Waals surface area contributed by atoms with Gasteiger partial charge in [0.05, 0.1) is 0 Å². The van der Waals surface area contributed by atoms with Crippen molar-refractivity contribution in [3.05, 3.63) is 12.1 Å². The van der Waals surface area contributed by atoms with Gasteiger partial charge in [-0.1, -0.05) is 0 Å². The maximum Gasteiger partial charge on any atom is 0.298 e. The fraction of sp³-hybridized carbons (Fsp3) is 0. The van der Waals surface area contributed by atoms with Crippen LogP contribution in [-0.4, -0.2) is 139 Å². The summed E-state index contributed by atoms with van der Waals surface area (Å²) < 4.78 is 60.0. The smallest absolute Gasteiger partial charge is 0.298 e. The van der Waals surface area contributed by atoms with E-state index < -0.39 is 41.5 Å². The number of phenols is 2. The maximum atomic E-state index is 10.7. The predicted molar refractivity (Wildman–Crippen MR) is 60.9 cm³/mol. The SMILES string of the molecule is O=S(=O)(O)c1cc(O)cc(S(=O)(=O)O)c1O.[K].[K]. The molecule has 0 aliphatic heterocycles. The molecular formula is C6H6K2O8S2. The molecule has 1 rings (SSSR count). The molecule has 0 heterocycles. The molecule has 18 heavy (non-hydrogen) atoms. The number of benzene rings is 1. The summed E-state index contributed by atoms with van der Waals surface area (Å²) in [4.78, 5) is -2.44. The van der Waals surface area contributed by atoms with Crippen molar-refractivity contribution in [1.82, 2.24) is 0 Å². The van der Waals surface area contributed by atoms with Crippen LogP contribution in [0, 0.1) is 0 Å². The Labute approximate surface area is 188 Å². The molecule has 0 aromatic heterocycles. The molecule has 1 aromatic carbocycles. The van der Waals surface area contributed by atoms with Crippen molar-refractivity contribution >= 4 is 123 Å². The van der Waals surface area contributed by atoms with Crippen LogP contribution in [0.4, 0.5) is 0 Å². The van der Waals surface area contributed by atoms with Crippen LogP contribution in [0.5, 0.6) is 11.5 Å². The molecule has 0 amide bonds. The summed E-state index contributed by atoms with van der Waals surface area (Å²) in [6, 6.07) is 0.860. The van der Waals surface area contributed by atoms with E-state index in [-0.39, 0.29) is 103 Å². The molecule has 0 atom stereocenters. The van der Waals surface area contributed by atoms with Crippen LogP contribution in [0.2, 0.25) is 0 Å². The molecule has 0 aliphatic carbocycles. The van der Waals surface area contributed by atoms with E-state index in [9.17, 15) is 21.9 Å². The fourth-order valence-electron chi connectivity index (χ4n) is 0.962. The van der Waals surface area contributed by atoms with Gasteiger partial charge in [-0.05, 0) is 0 Å². The molecule has 92 valence electrons. The number of rotatable bonds is 2. The van der Waals surface area contributed by atoms with Gasteiger partial charge in [-0.15, -0.1) is 0 Å². The van der Waals surface area contributed by atoms with Gasteiger partial charge in [0.25, 0.3) is 20.2 Å². The van der Waals surface area contributed by atoms with E-state index in [1.807, 2.05) is 0 Å². The average molecular weight is 348 g/mol.